The van der Waals surface area contributed by atoms with Crippen LogP contribution in [0.2, 0.25) is 0 Å². The molecule has 0 bridgehead atoms. The molecule has 0 heterocycles. The molecule has 0 aromatic carbocycles. The van der Waals surface area contributed by atoms with Gasteiger partial charge in [0.05, 0.1) is 6.54 Å². The van der Waals surface area contributed by atoms with Gasteiger partial charge < -0.3 is 10.6 Å². The Bertz CT molecular complexity index is 115. The van der Waals surface area contributed by atoms with E-state index >= 15 is 0 Å². The van der Waals surface area contributed by atoms with Gasteiger partial charge in [-0.3, -0.25) is 4.79 Å². The van der Waals surface area contributed by atoms with Crippen LogP contribution >= 0.6 is 0 Å². The lowest BCUT2D eigenvalue weighted by Gasteiger charge is -2.02. The monoisotopic (exact) mass is 172 g/mol. The number of hydrogen-bond donors (Lipinski definition) is 2. The van der Waals surface area contributed by atoms with Crippen molar-refractivity contribution in [3.8, 4) is 0 Å². The molecule has 3 nitrogen and oxygen atoms in total. The Hall–Kier alpha value is -0.570. The van der Waals surface area contributed by atoms with Gasteiger partial charge >= 0.3 is 0 Å². The molecule has 0 rings (SSSR count). The van der Waals surface area contributed by atoms with E-state index in [4.69, 9.17) is 0 Å². The highest BCUT2D eigenvalue weighted by Gasteiger charge is 1.94. The molecule has 0 saturated carbocycles. The van der Waals surface area contributed by atoms with Crippen LogP contribution in [0.1, 0.15) is 32.6 Å². The molecule has 0 aromatic rings. The van der Waals surface area contributed by atoms with E-state index in [0.717, 1.165) is 6.54 Å². The van der Waals surface area contributed by atoms with Crippen molar-refractivity contribution in [3.05, 3.63) is 0 Å². The van der Waals surface area contributed by atoms with E-state index in [-0.39, 0.29) is 5.91 Å². The molecule has 1 amide bonds. The van der Waals surface area contributed by atoms with Crippen LogP contribution in [0, 0.1) is 0 Å². The second-order valence-electron chi connectivity index (χ2n) is 2.91. The summed E-state index contributed by atoms with van der Waals surface area (Å²) < 4.78 is 0. The lowest BCUT2D eigenvalue weighted by Crippen LogP contribution is -2.31. The Labute approximate surface area is 74.9 Å². The van der Waals surface area contributed by atoms with E-state index in [9.17, 15) is 4.79 Å². The summed E-state index contributed by atoms with van der Waals surface area (Å²) in [6.07, 6.45) is 4.99. The Morgan fingerprint density at radius 3 is 2.58 bits per heavy atom. The highest BCUT2D eigenvalue weighted by molar-refractivity contribution is 5.77. The smallest absolute Gasteiger partial charge is 0.233 e. The van der Waals surface area contributed by atoms with E-state index in [1.54, 1.807) is 7.05 Å². The Morgan fingerprint density at radius 2 is 2.00 bits per heavy atom. The molecule has 0 unspecified atom stereocenters. The molecule has 0 spiro atoms. The van der Waals surface area contributed by atoms with E-state index in [1.165, 1.54) is 25.7 Å². The average molecular weight is 172 g/mol. The molecular formula is C9H20N2O. The van der Waals surface area contributed by atoms with E-state index < -0.39 is 0 Å². The largest absolute Gasteiger partial charge is 0.358 e. The van der Waals surface area contributed by atoms with Crippen LogP contribution in [0.4, 0.5) is 0 Å². The topological polar surface area (TPSA) is 41.1 Å². The third kappa shape index (κ3) is 7.54. The maximum absolute atomic E-state index is 10.7. The number of nitrogens with one attached hydrogen (secondary N) is 2. The summed E-state index contributed by atoms with van der Waals surface area (Å²) in [5.74, 6) is 0.0606. The van der Waals surface area contributed by atoms with Crippen LogP contribution in [0.15, 0.2) is 0 Å². The minimum absolute atomic E-state index is 0.0606. The fourth-order valence-corrected chi connectivity index (χ4v) is 0.967. The minimum atomic E-state index is 0.0606. The lowest BCUT2D eigenvalue weighted by molar-refractivity contribution is -0.119. The summed E-state index contributed by atoms with van der Waals surface area (Å²) in [5, 5.41) is 5.65. The fraction of sp³-hybridized carbons (Fsp3) is 0.889. The van der Waals surface area contributed by atoms with Crippen LogP contribution in [-0.2, 0) is 4.79 Å². The van der Waals surface area contributed by atoms with Gasteiger partial charge in [0.25, 0.3) is 0 Å². The first-order valence-electron chi connectivity index (χ1n) is 4.72. The quantitative estimate of drug-likeness (QED) is 0.560. The fourth-order valence-electron chi connectivity index (χ4n) is 0.967. The SMILES string of the molecule is CCCCCCNCC(=O)NC. The molecule has 0 fully saturated rings. The number of rotatable bonds is 7. The van der Waals surface area contributed by atoms with Gasteiger partial charge in [0, 0.05) is 7.05 Å². The predicted octanol–water partition coefficient (Wildman–Crippen LogP) is 0.902. The summed E-state index contributed by atoms with van der Waals surface area (Å²) in [6.45, 7) is 3.59. The molecule has 0 aliphatic rings. The van der Waals surface area contributed by atoms with Crippen LogP contribution in [0.5, 0.6) is 0 Å². The minimum Gasteiger partial charge on any atom is -0.358 e. The van der Waals surface area contributed by atoms with Crippen molar-refractivity contribution < 1.29 is 4.79 Å². The van der Waals surface area contributed by atoms with Crippen LogP contribution < -0.4 is 10.6 Å². The molecule has 12 heavy (non-hydrogen) atoms. The second-order valence-corrected chi connectivity index (χ2v) is 2.91. The summed E-state index contributed by atoms with van der Waals surface area (Å²) in [7, 11) is 1.65. The van der Waals surface area contributed by atoms with E-state index in [2.05, 4.69) is 17.6 Å². The number of amides is 1. The predicted molar refractivity (Wildman–Crippen MR) is 51.1 cm³/mol. The molecule has 2 N–H and O–H groups in total. The van der Waals surface area contributed by atoms with Gasteiger partial charge in [-0.2, -0.15) is 0 Å². The molecule has 0 aliphatic heterocycles. The van der Waals surface area contributed by atoms with Crippen LogP contribution in [0.3, 0.4) is 0 Å². The summed E-state index contributed by atoms with van der Waals surface area (Å²) in [5.41, 5.74) is 0. The van der Waals surface area contributed by atoms with Crippen molar-refractivity contribution in [2.45, 2.75) is 32.6 Å². The van der Waals surface area contributed by atoms with Gasteiger partial charge in [0.2, 0.25) is 5.91 Å². The molecule has 0 saturated heterocycles. The van der Waals surface area contributed by atoms with Gasteiger partial charge in [-0.15, -0.1) is 0 Å². The molecule has 3 heteroatoms. The molecule has 72 valence electrons. The van der Waals surface area contributed by atoms with Crippen molar-refractivity contribution in [1.29, 1.82) is 0 Å². The Morgan fingerprint density at radius 1 is 1.25 bits per heavy atom. The van der Waals surface area contributed by atoms with Crippen LogP contribution in [-0.4, -0.2) is 26.0 Å². The number of carbonyl (C=O) groups is 1. The van der Waals surface area contributed by atoms with Gasteiger partial charge in [-0.05, 0) is 13.0 Å². The highest BCUT2D eigenvalue weighted by atomic mass is 16.1. The van der Waals surface area contributed by atoms with Gasteiger partial charge in [0.15, 0.2) is 0 Å². The van der Waals surface area contributed by atoms with Crippen molar-refractivity contribution >= 4 is 5.91 Å². The van der Waals surface area contributed by atoms with E-state index in [0.29, 0.717) is 6.54 Å². The molecular weight excluding hydrogens is 152 g/mol. The van der Waals surface area contributed by atoms with Crippen molar-refractivity contribution in [3.63, 3.8) is 0 Å². The highest BCUT2D eigenvalue weighted by Crippen LogP contribution is 1.96. The van der Waals surface area contributed by atoms with Crippen molar-refractivity contribution in [1.82, 2.24) is 10.6 Å². The average Bonchev–Trinajstić information content (AvgIpc) is 2.10. The van der Waals surface area contributed by atoms with Gasteiger partial charge in [0.1, 0.15) is 0 Å². The zero-order valence-electron chi connectivity index (χ0n) is 8.15. The molecule has 0 aliphatic carbocycles. The Balaban J connectivity index is 2.95. The number of unbranched alkanes of at least 4 members (excludes halogenated alkanes) is 3. The first kappa shape index (κ1) is 11.4. The molecule has 0 atom stereocenters. The van der Waals surface area contributed by atoms with Crippen LogP contribution in [0.25, 0.3) is 0 Å². The Kier molecular flexibility index (Phi) is 8.12. The third-order valence-electron chi connectivity index (χ3n) is 1.77. The zero-order valence-corrected chi connectivity index (χ0v) is 8.15. The van der Waals surface area contributed by atoms with Crippen molar-refractivity contribution in [2.75, 3.05) is 20.1 Å². The second kappa shape index (κ2) is 8.53. The molecule has 0 radical (unpaired) electrons. The number of likely N-dealkylation sites (N-methyl/N-ethyl adjacent to an activating group) is 1. The summed E-state index contributed by atoms with van der Waals surface area (Å²) >= 11 is 0. The maximum Gasteiger partial charge on any atom is 0.233 e. The first-order chi connectivity index (χ1) is 5.81. The summed E-state index contributed by atoms with van der Waals surface area (Å²) in [6, 6.07) is 0. The van der Waals surface area contributed by atoms with E-state index in [1.807, 2.05) is 0 Å². The zero-order chi connectivity index (χ0) is 9.23. The van der Waals surface area contributed by atoms with Crippen molar-refractivity contribution in [2.24, 2.45) is 0 Å². The number of carbonyl (C=O) groups excluding carboxylic acids is 1. The maximum atomic E-state index is 10.7. The number of hydrogen-bond acceptors (Lipinski definition) is 2. The normalized spacial score (nSPS) is 9.83. The van der Waals surface area contributed by atoms with Gasteiger partial charge in [-0.1, -0.05) is 26.2 Å². The standard InChI is InChI=1S/C9H20N2O/c1-3-4-5-6-7-11-8-9(12)10-2/h11H,3-8H2,1-2H3,(H,10,12). The third-order valence-corrected chi connectivity index (χ3v) is 1.77. The first-order valence-corrected chi connectivity index (χ1v) is 4.72. The van der Waals surface area contributed by atoms with Gasteiger partial charge in [-0.25, -0.2) is 0 Å². The summed E-state index contributed by atoms with van der Waals surface area (Å²) in [4.78, 5) is 10.7. The lowest BCUT2D eigenvalue weighted by atomic mass is 10.2. The molecule has 0 aromatic heterocycles.